The molecule has 2 atom stereocenters. The van der Waals surface area contributed by atoms with Crippen LogP contribution in [0.15, 0.2) is 0 Å². The number of hydrogen-bond acceptors (Lipinski definition) is 3. The van der Waals surface area contributed by atoms with Gasteiger partial charge in [-0.1, -0.05) is 55.4 Å². The Morgan fingerprint density at radius 2 is 0.955 bits per heavy atom. The van der Waals surface area contributed by atoms with E-state index >= 15 is 0 Å². The fourth-order valence-electron chi connectivity index (χ4n) is 0.993. The summed E-state index contributed by atoms with van der Waals surface area (Å²) < 4.78 is 0. The second-order valence-electron chi connectivity index (χ2n) is 6.76. The predicted octanol–water partition coefficient (Wildman–Crippen LogP) is 4.90. The number of Topliss-reactive ketones (excluding diaryl/α,β-unsaturated/α-hetero) is 2. The van der Waals surface area contributed by atoms with Crippen molar-refractivity contribution in [2.24, 2.45) is 23.7 Å². The zero-order valence-corrected chi connectivity index (χ0v) is 16.6. The molecule has 22 heavy (non-hydrogen) atoms. The molecule has 3 nitrogen and oxygen atoms in total. The van der Waals surface area contributed by atoms with E-state index in [9.17, 15) is 9.59 Å². The van der Waals surface area contributed by atoms with Crippen molar-refractivity contribution in [3.05, 3.63) is 0 Å². The Hall–Kier alpha value is -0.700. The maximum Gasteiger partial charge on any atom is 0.133 e. The summed E-state index contributed by atoms with van der Waals surface area (Å²) in [5, 5.41) is 8.67. The van der Waals surface area contributed by atoms with Gasteiger partial charge in [0.05, 0.1) is 6.10 Å². The van der Waals surface area contributed by atoms with Crippen LogP contribution in [0.4, 0.5) is 0 Å². The highest BCUT2D eigenvalue weighted by Gasteiger charge is 2.19. The SMILES string of the molecule is CC(=O)C(C)[C@H](C)C(C)=O.CC(C)C(C)C.CCC(O)CC. The number of aliphatic hydroxyl groups is 1. The summed E-state index contributed by atoms with van der Waals surface area (Å²) >= 11 is 0. The van der Waals surface area contributed by atoms with Gasteiger partial charge in [0.1, 0.15) is 11.6 Å². The topological polar surface area (TPSA) is 54.4 Å². The van der Waals surface area contributed by atoms with Gasteiger partial charge in [0.15, 0.2) is 0 Å². The molecule has 0 heterocycles. The molecule has 1 unspecified atom stereocenters. The number of hydrogen-bond donors (Lipinski definition) is 1. The Balaban J connectivity index is -0.000000261. The summed E-state index contributed by atoms with van der Waals surface area (Å²) in [6, 6.07) is 0. The third-order valence-electron chi connectivity index (χ3n) is 4.31. The van der Waals surface area contributed by atoms with Crippen LogP contribution in [0.2, 0.25) is 0 Å². The van der Waals surface area contributed by atoms with Crippen molar-refractivity contribution in [1.29, 1.82) is 0 Å². The Morgan fingerprint density at radius 3 is 1.00 bits per heavy atom. The zero-order valence-electron chi connectivity index (χ0n) is 16.6. The standard InChI is InChI=1S/C8H14O2.C6H14.C5H12O/c1-5(7(3)9)6(2)8(4)10;1-5(2)6(3)4;1-3-5(6)4-2/h5-6H,1-4H3;5-6H,1-4H3;5-6H,3-4H2,1-2H3/t5-,6?;;/m0../s1. The van der Waals surface area contributed by atoms with Crippen LogP contribution in [0.25, 0.3) is 0 Å². The van der Waals surface area contributed by atoms with E-state index in [0.717, 1.165) is 24.7 Å². The van der Waals surface area contributed by atoms with E-state index in [-0.39, 0.29) is 29.5 Å². The van der Waals surface area contributed by atoms with E-state index < -0.39 is 0 Å². The van der Waals surface area contributed by atoms with Gasteiger partial charge in [0.25, 0.3) is 0 Å². The lowest BCUT2D eigenvalue weighted by atomic mass is 9.90. The quantitative estimate of drug-likeness (QED) is 0.758. The third kappa shape index (κ3) is 17.4. The van der Waals surface area contributed by atoms with Crippen LogP contribution in [-0.4, -0.2) is 22.8 Å². The molecule has 0 rings (SSSR count). The average molecular weight is 317 g/mol. The number of aliphatic hydroxyl groups excluding tert-OH is 1. The van der Waals surface area contributed by atoms with Crippen molar-refractivity contribution in [1.82, 2.24) is 0 Å². The Labute approximate surface area is 138 Å². The molecule has 0 aromatic rings. The summed E-state index contributed by atoms with van der Waals surface area (Å²) in [6.45, 7) is 19.5. The molecule has 1 N–H and O–H groups in total. The fourth-order valence-corrected chi connectivity index (χ4v) is 0.993. The van der Waals surface area contributed by atoms with Gasteiger partial charge in [-0.05, 0) is 38.5 Å². The minimum Gasteiger partial charge on any atom is -0.393 e. The molecule has 0 aliphatic heterocycles. The van der Waals surface area contributed by atoms with Crippen molar-refractivity contribution in [3.63, 3.8) is 0 Å². The lowest BCUT2D eigenvalue weighted by Gasteiger charge is -2.12. The second-order valence-corrected chi connectivity index (χ2v) is 6.76. The molecular formula is C19H40O3. The molecule has 0 radical (unpaired) electrons. The molecule has 0 bridgehead atoms. The van der Waals surface area contributed by atoms with E-state index in [4.69, 9.17) is 5.11 Å². The summed E-state index contributed by atoms with van der Waals surface area (Å²) in [7, 11) is 0. The molecular weight excluding hydrogens is 276 g/mol. The molecule has 0 aromatic heterocycles. The highest BCUT2D eigenvalue weighted by molar-refractivity contribution is 5.86. The minimum atomic E-state index is -0.127. The monoisotopic (exact) mass is 316 g/mol. The van der Waals surface area contributed by atoms with Crippen molar-refractivity contribution in [3.8, 4) is 0 Å². The largest absolute Gasteiger partial charge is 0.393 e. The van der Waals surface area contributed by atoms with Gasteiger partial charge >= 0.3 is 0 Å². The van der Waals surface area contributed by atoms with Gasteiger partial charge < -0.3 is 5.11 Å². The minimum absolute atomic E-state index is 0.0648. The maximum atomic E-state index is 10.7. The van der Waals surface area contributed by atoms with Gasteiger partial charge in [-0.25, -0.2) is 0 Å². The average Bonchev–Trinajstić information content (AvgIpc) is 2.45. The zero-order chi connectivity index (χ0) is 18.5. The normalized spacial score (nSPS) is 13.0. The lowest BCUT2D eigenvalue weighted by molar-refractivity contribution is -0.128. The fraction of sp³-hybridized carbons (Fsp3) is 0.895. The van der Waals surface area contributed by atoms with E-state index in [0.29, 0.717) is 0 Å². The first-order valence-electron chi connectivity index (χ1n) is 8.61. The van der Waals surface area contributed by atoms with Crippen LogP contribution in [0.1, 0.15) is 82.1 Å². The highest BCUT2D eigenvalue weighted by atomic mass is 16.3. The summed E-state index contributed by atoms with van der Waals surface area (Å²) in [5.74, 6) is 1.62. The van der Waals surface area contributed by atoms with Crippen molar-refractivity contribution in [2.45, 2.75) is 88.2 Å². The Bertz CT molecular complexity index is 254. The number of carbonyl (C=O) groups is 2. The van der Waals surface area contributed by atoms with Crippen LogP contribution in [-0.2, 0) is 9.59 Å². The highest BCUT2D eigenvalue weighted by Crippen LogP contribution is 2.12. The molecule has 0 aliphatic rings. The van der Waals surface area contributed by atoms with Crippen LogP contribution >= 0.6 is 0 Å². The molecule has 3 heteroatoms. The Morgan fingerprint density at radius 1 is 0.727 bits per heavy atom. The molecule has 134 valence electrons. The number of ketones is 2. The van der Waals surface area contributed by atoms with Crippen molar-refractivity contribution >= 4 is 11.6 Å². The molecule has 0 saturated carbocycles. The van der Waals surface area contributed by atoms with E-state index in [1.54, 1.807) is 13.8 Å². The van der Waals surface area contributed by atoms with E-state index in [1.807, 2.05) is 13.8 Å². The first-order valence-corrected chi connectivity index (χ1v) is 8.61. The number of carbonyl (C=O) groups excluding carboxylic acids is 2. The van der Waals surface area contributed by atoms with Gasteiger partial charge in [-0.2, -0.15) is 0 Å². The first kappa shape index (κ1) is 26.2. The first-order chi connectivity index (χ1) is 9.91. The predicted molar refractivity (Wildman–Crippen MR) is 96.0 cm³/mol. The van der Waals surface area contributed by atoms with Gasteiger partial charge in [-0.15, -0.1) is 0 Å². The third-order valence-corrected chi connectivity index (χ3v) is 4.31. The summed E-state index contributed by atoms with van der Waals surface area (Å²) in [6.07, 6.45) is 1.71. The smallest absolute Gasteiger partial charge is 0.133 e. The van der Waals surface area contributed by atoms with Crippen molar-refractivity contribution < 1.29 is 14.7 Å². The van der Waals surface area contributed by atoms with Gasteiger partial charge in [0, 0.05) is 11.8 Å². The molecule has 0 saturated heterocycles. The molecule has 0 fully saturated rings. The molecule has 0 aliphatic carbocycles. The molecule has 0 spiro atoms. The van der Waals surface area contributed by atoms with Crippen molar-refractivity contribution in [2.75, 3.05) is 0 Å². The maximum absolute atomic E-state index is 10.7. The van der Waals surface area contributed by atoms with Crippen LogP contribution in [0, 0.1) is 23.7 Å². The van der Waals surface area contributed by atoms with Crippen LogP contribution < -0.4 is 0 Å². The lowest BCUT2D eigenvalue weighted by Crippen LogP contribution is -2.21. The van der Waals surface area contributed by atoms with Crippen LogP contribution in [0.5, 0.6) is 0 Å². The Kier molecular flexibility index (Phi) is 18.1. The van der Waals surface area contributed by atoms with E-state index in [2.05, 4.69) is 27.7 Å². The number of rotatable bonds is 6. The van der Waals surface area contributed by atoms with Gasteiger partial charge in [0.2, 0.25) is 0 Å². The van der Waals surface area contributed by atoms with Crippen LogP contribution in [0.3, 0.4) is 0 Å². The summed E-state index contributed by atoms with van der Waals surface area (Å²) in [4.78, 5) is 21.5. The molecule has 0 amide bonds. The van der Waals surface area contributed by atoms with Gasteiger partial charge in [-0.3, -0.25) is 9.59 Å². The molecule has 0 aromatic carbocycles. The second kappa shape index (κ2) is 15.2. The van der Waals surface area contributed by atoms with E-state index in [1.165, 1.54) is 13.8 Å². The summed E-state index contributed by atoms with van der Waals surface area (Å²) in [5.41, 5.74) is 0.